The zero-order valence-electron chi connectivity index (χ0n) is 7.51. The lowest BCUT2D eigenvalue weighted by molar-refractivity contribution is 0.0692. The molecule has 0 atom stereocenters. The van der Waals surface area contributed by atoms with Gasteiger partial charge in [0.25, 0.3) is 0 Å². The zero-order chi connectivity index (χ0) is 10.4. The van der Waals surface area contributed by atoms with Crippen molar-refractivity contribution >= 4 is 17.7 Å². The van der Waals surface area contributed by atoms with Crippen molar-refractivity contribution in [2.45, 2.75) is 11.3 Å². The van der Waals surface area contributed by atoms with E-state index in [9.17, 15) is 4.79 Å². The van der Waals surface area contributed by atoms with Gasteiger partial charge in [0.15, 0.2) is 0 Å². The van der Waals surface area contributed by atoms with Gasteiger partial charge in [-0.3, -0.25) is 4.98 Å². The molecule has 76 valence electrons. The topological polar surface area (TPSA) is 70.4 Å². The van der Waals surface area contributed by atoms with Crippen LogP contribution in [0, 0.1) is 0 Å². The second-order valence-electron chi connectivity index (χ2n) is 2.60. The maximum Gasteiger partial charge on any atom is 0.338 e. The van der Waals surface area contributed by atoms with E-state index in [-0.39, 0.29) is 12.2 Å². The van der Waals surface area contributed by atoms with Gasteiger partial charge in [-0.2, -0.15) is 0 Å². The third-order valence-electron chi connectivity index (χ3n) is 1.57. The molecule has 4 nitrogen and oxygen atoms in total. The number of aromatic nitrogens is 1. The molecule has 0 saturated carbocycles. The molecular formula is C9H11NO3S. The van der Waals surface area contributed by atoms with Gasteiger partial charge in [0, 0.05) is 29.6 Å². The molecule has 0 aliphatic carbocycles. The van der Waals surface area contributed by atoms with Crippen molar-refractivity contribution in [1.29, 1.82) is 0 Å². The van der Waals surface area contributed by atoms with Crippen LogP contribution in [0.1, 0.15) is 16.8 Å². The quantitative estimate of drug-likeness (QED) is 0.569. The van der Waals surface area contributed by atoms with Crippen LogP contribution in [-0.4, -0.2) is 33.5 Å². The van der Waals surface area contributed by atoms with E-state index in [1.165, 1.54) is 18.0 Å². The van der Waals surface area contributed by atoms with Crippen LogP contribution in [0.5, 0.6) is 0 Å². The van der Waals surface area contributed by atoms with Crippen LogP contribution in [0.4, 0.5) is 0 Å². The highest BCUT2D eigenvalue weighted by atomic mass is 32.2. The van der Waals surface area contributed by atoms with Crippen molar-refractivity contribution in [2.75, 3.05) is 12.4 Å². The van der Waals surface area contributed by atoms with Gasteiger partial charge in [-0.05, 0) is 12.5 Å². The Morgan fingerprint density at radius 3 is 3.00 bits per heavy atom. The first-order chi connectivity index (χ1) is 6.75. The Morgan fingerprint density at radius 1 is 1.57 bits per heavy atom. The van der Waals surface area contributed by atoms with Crippen molar-refractivity contribution < 1.29 is 15.0 Å². The molecule has 1 aromatic rings. The van der Waals surface area contributed by atoms with Crippen molar-refractivity contribution in [3.05, 3.63) is 24.0 Å². The van der Waals surface area contributed by atoms with E-state index in [4.69, 9.17) is 10.2 Å². The molecule has 0 unspecified atom stereocenters. The van der Waals surface area contributed by atoms with Crippen LogP contribution in [0.15, 0.2) is 23.4 Å². The first-order valence-electron chi connectivity index (χ1n) is 4.16. The van der Waals surface area contributed by atoms with E-state index in [2.05, 4.69) is 4.98 Å². The maximum absolute atomic E-state index is 10.8. The minimum Gasteiger partial charge on any atom is -0.478 e. The Kier molecular flexibility index (Phi) is 4.42. The number of aliphatic hydroxyl groups excluding tert-OH is 1. The fraction of sp³-hybridized carbons (Fsp3) is 0.333. The molecule has 1 rings (SSSR count). The number of carbonyl (C=O) groups is 1. The molecule has 0 amide bonds. The summed E-state index contributed by atoms with van der Waals surface area (Å²) in [6.45, 7) is 0.125. The average molecular weight is 213 g/mol. The summed E-state index contributed by atoms with van der Waals surface area (Å²) in [5, 5.41) is 17.4. The van der Waals surface area contributed by atoms with Gasteiger partial charge >= 0.3 is 5.97 Å². The number of pyridine rings is 1. The molecule has 0 aromatic carbocycles. The Balaban J connectivity index is 2.69. The molecule has 0 bridgehead atoms. The van der Waals surface area contributed by atoms with Gasteiger partial charge in [-0.15, -0.1) is 11.8 Å². The number of nitrogens with zero attached hydrogens (tertiary/aromatic N) is 1. The summed E-state index contributed by atoms with van der Waals surface area (Å²) in [6.07, 6.45) is 3.56. The second kappa shape index (κ2) is 5.62. The number of hydrogen-bond acceptors (Lipinski definition) is 4. The molecule has 0 saturated heterocycles. The highest BCUT2D eigenvalue weighted by molar-refractivity contribution is 7.99. The molecule has 2 N–H and O–H groups in total. The van der Waals surface area contributed by atoms with E-state index >= 15 is 0 Å². The monoisotopic (exact) mass is 213 g/mol. The molecule has 14 heavy (non-hydrogen) atoms. The van der Waals surface area contributed by atoms with Crippen molar-refractivity contribution in [3.63, 3.8) is 0 Å². The number of hydrogen-bond donors (Lipinski definition) is 2. The smallest absolute Gasteiger partial charge is 0.338 e. The molecule has 0 fully saturated rings. The second-order valence-corrected chi connectivity index (χ2v) is 3.74. The SMILES string of the molecule is O=C(O)c1cnccc1SCCCO. The Labute approximate surface area is 86.0 Å². The number of thioether (sulfide) groups is 1. The molecular weight excluding hydrogens is 202 g/mol. The fourth-order valence-electron chi connectivity index (χ4n) is 0.915. The number of rotatable bonds is 5. The number of aliphatic hydroxyl groups is 1. The van der Waals surface area contributed by atoms with Crippen molar-refractivity contribution in [1.82, 2.24) is 4.98 Å². The van der Waals surface area contributed by atoms with Crippen molar-refractivity contribution in [2.24, 2.45) is 0 Å². The van der Waals surface area contributed by atoms with Crippen LogP contribution in [-0.2, 0) is 0 Å². The average Bonchev–Trinajstić information content (AvgIpc) is 2.19. The molecule has 1 heterocycles. The van der Waals surface area contributed by atoms with Crippen LogP contribution in [0.3, 0.4) is 0 Å². The van der Waals surface area contributed by atoms with Crippen molar-refractivity contribution in [3.8, 4) is 0 Å². The number of carboxylic acids is 1. The minimum atomic E-state index is -0.968. The van der Waals surface area contributed by atoms with Crippen LogP contribution in [0.2, 0.25) is 0 Å². The Bertz CT molecular complexity index is 317. The van der Waals surface area contributed by atoms with E-state index in [1.54, 1.807) is 12.3 Å². The van der Waals surface area contributed by atoms with Gasteiger partial charge in [0.1, 0.15) is 0 Å². The molecule has 1 aromatic heterocycles. The van der Waals surface area contributed by atoms with Gasteiger partial charge in [-0.1, -0.05) is 0 Å². The summed E-state index contributed by atoms with van der Waals surface area (Å²) >= 11 is 1.42. The lowest BCUT2D eigenvalue weighted by Crippen LogP contribution is -2.00. The molecule has 0 spiro atoms. The number of aromatic carboxylic acids is 1. The first kappa shape index (κ1) is 11.0. The van der Waals surface area contributed by atoms with Crippen LogP contribution < -0.4 is 0 Å². The summed E-state index contributed by atoms with van der Waals surface area (Å²) in [6, 6.07) is 1.67. The van der Waals surface area contributed by atoms with Gasteiger partial charge in [0.2, 0.25) is 0 Å². The Morgan fingerprint density at radius 2 is 2.36 bits per heavy atom. The fourth-order valence-corrected chi connectivity index (χ4v) is 1.86. The third kappa shape index (κ3) is 3.01. The summed E-state index contributed by atoms with van der Waals surface area (Å²) in [4.78, 5) is 15.2. The molecule has 0 aliphatic rings. The Hall–Kier alpha value is -1.07. The van der Waals surface area contributed by atoms with Gasteiger partial charge < -0.3 is 10.2 Å². The van der Waals surface area contributed by atoms with Gasteiger partial charge in [-0.25, -0.2) is 4.79 Å². The third-order valence-corrected chi connectivity index (χ3v) is 2.73. The standard InChI is InChI=1S/C9H11NO3S/c11-4-1-5-14-8-2-3-10-6-7(8)9(12)13/h2-3,6,11H,1,4-5H2,(H,12,13). The first-order valence-corrected chi connectivity index (χ1v) is 5.15. The lowest BCUT2D eigenvalue weighted by Gasteiger charge is -2.03. The molecule has 5 heteroatoms. The predicted octanol–water partition coefficient (Wildman–Crippen LogP) is 1.25. The highest BCUT2D eigenvalue weighted by Gasteiger charge is 2.09. The van der Waals surface area contributed by atoms with Crippen LogP contribution in [0.25, 0.3) is 0 Å². The normalized spacial score (nSPS) is 10.1. The number of carboxylic acid groups (broad SMARTS) is 1. The van der Waals surface area contributed by atoms with E-state index < -0.39 is 5.97 Å². The minimum absolute atomic E-state index is 0.125. The molecule has 0 aliphatic heterocycles. The van der Waals surface area contributed by atoms with Crippen LogP contribution >= 0.6 is 11.8 Å². The summed E-state index contributed by atoms with van der Waals surface area (Å²) in [5.74, 6) is -0.259. The maximum atomic E-state index is 10.8. The highest BCUT2D eigenvalue weighted by Crippen LogP contribution is 2.22. The van der Waals surface area contributed by atoms with Gasteiger partial charge in [0.05, 0.1) is 5.56 Å². The summed E-state index contributed by atoms with van der Waals surface area (Å²) in [7, 11) is 0. The van der Waals surface area contributed by atoms with E-state index in [0.29, 0.717) is 17.1 Å². The van der Waals surface area contributed by atoms with E-state index in [1.807, 2.05) is 0 Å². The van der Waals surface area contributed by atoms with E-state index in [0.717, 1.165) is 0 Å². The summed E-state index contributed by atoms with van der Waals surface area (Å²) in [5.41, 5.74) is 0.218. The summed E-state index contributed by atoms with van der Waals surface area (Å²) < 4.78 is 0. The largest absolute Gasteiger partial charge is 0.478 e. The lowest BCUT2D eigenvalue weighted by atomic mass is 10.3. The zero-order valence-corrected chi connectivity index (χ0v) is 8.33. The molecule has 0 radical (unpaired) electrons. The predicted molar refractivity (Wildman–Crippen MR) is 53.6 cm³/mol.